The highest BCUT2D eigenvalue weighted by atomic mass is 16.5. The molecule has 0 radical (unpaired) electrons. The Morgan fingerprint density at radius 3 is 2.74 bits per heavy atom. The van der Waals surface area contributed by atoms with E-state index in [1.165, 1.54) is 0 Å². The van der Waals surface area contributed by atoms with Crippen molar-refractivity contribution in [3.05, 3.63) is 58.7 Å². The van der Waals surface area contributed by atoms with Gasteiger partial charge in [0.2, 0.25) is 0 Å². The van der Waals surface area contributed by atoms with Crippen molar-refractivity contribution in [2.24, 2.45) is 5.73 Å². The molecule has 1 atom stereocenters. The van der Waals surface area contributed by atoms with Gasteiger partial charge in [0.1, 0.15) is 11.9 Å². The van der Waals surface area contributed by atoms with E-state index < -0.39 is 5.91 Å². The lowest BCUT2D eigenvalue weighted by molar-refractivity contribution is -0.115. The number of primary amides is 1. The summed E-state index contributed by atoms with van der Waals surface area (Å²) < 4.78 is 11.1. The molecule has 1 unspecified atom stereocenters. The van der Waals surface area contributed by atoms with Gasteiger partial charge in [0.05, 0.1) is 7.11 Å². The number of fused-ring (bicyclic) bond motifs is 2. The maximum atomic E-state index is 11.5. The average Bonchev–Trinajstić information content (AvgIpc) is 2.45. The van der Waals surface area contributed by atoms with Crippen LogP contribution in [-0.2, 0) is 14.3 Å². The summed E-state index contributed by atoms with van der Waals surface area (Å²) in [7, 11) is 1.62. The van der Waals surface area contributed by atoms with Gasteiger partial charge in [-0.1, -0.05) is 30.3 Å². The molecule has 0 fully saturated rings. The van der Waals surface area contributed by atoms with Crippen molar-refractivity contribution >= 4 is 17.2 Å². The Kier molecular flexibility index (Phi) is 2.63. The Morgan fingerprint density at radius 1 is 1.32 bits per heavy atom. The minimum atomic E-state index is -0.562. The number of carbonyl (C=O) groups is 1. The van der Waals surface area contributed by atoms with Crippen LogP contribution in [0.3, 0.4) is 0 Å². The lowest BCUT2D eigenvalue weighted by Crippen LogP contribution is -2.42. The fourth-order valence-corrected chi connectivity index (χ4v) is 2.43. The first-order valence-corrected chi connectivity index (χ1v) is 5.95. The van der Waals surface area contributed by atoms with Crippen LogP contribution < -0.4 is 16.2 Å². The normalized spacial score (nSPS) is 20.1. The van der Waals surface area contributed by atoms with Gasteiger partial charge in [-0.15, -0.1) is 0 Å². The monoisotopic (exact) mass is 255 g/mol. The van der Waals surface area contributed by atoms with Gasteiger partial charge < -0.3 is 15.2 Å². The van der Waals surface area contributed by atoms with Crippen LogP contribution in [0.25, 0.3) is 11.3 Å². The number of benzene rings is 1. The second-order valence-electron chi connectivity index (χ2n) is 4.31. The van der Waals surface area contributed by atoms with Gasteiger partial charge in [0.15, 0.2) is 5.76 Å². The zero-order valence-corrected chi connectivity index (χ0v) is 10.4. The van der Waals surface area contributed by atoms with Gasteiger partial charge in [0, 0.05) is 10.8 Å². The van der Waals surface area contributed by atoms with Gasteiger partial charge in [-0.3, -0.25) is 4.79 Å². The molecule has 1 aliphatic heterocycles. The summed E-state index contributed by atoms with van der Waals surface area (Å²) in [5, 5.41) is 1.63. The number of amides is 1. The van der Waals surface area contributed by atoms with E-state index in [0.29, 0.717) is 5.22 Å². The van der Waals surface area contributed by atoms with Crippen LogP contribution in [0.2, 0.25) is 0 Å². The minimum absolute atomic E-state index is 0.200. The second kappa shape index (κ2) is 4.31. The molecule has 3 rings (SSSR count). The van der Waals surface area contributed by atoms with Crippen molar-refractivity contribution < 1.29 is 14.3 Å². The molecule has 2 aliphatic rings. The Labute approximate surface area is 110 Å². The summed E-state index contributed by atoms with van der Waals surface area (Å²) in [6.45, 7) is 0. The van der Waals surface area contributed by atoms with Crippen molar-refractivity contribution in [3.8, 4) is 0 Å². The average molecular weight is 255 g/mol. The molecule has 1 aliphatic carbocycles. The Morgan fingerprint density at radius 2 is 2.05 bits per heavy atom. The molecule has 96 valence electrons. The quantitative estimate of drug-likeness (QED) is 0.804. The van der Waals surface area contributed by atoms with Gasteiger partial charge in [0.25, 0.3) is 5.91 Å². The first kappa shape index (κ1) is 11.6. The van der Waals surface area contributed by atoms with Crippen molar-refractivity contribution in [2.75, 3.05) is 7.11 Å². The molecule has 0 saturated carbocycles. The number of nitrogens with two attached hydrogens (primary N) is 1. The zero-order valence-electron chi connectivity index (χ0n) is 10.4. The van der Waals surface area contributed by atoms with E-state index in [4.69, 9.17) is 15.2 Å². The fraction of sp³-hybridized carbons (Fsp3) is 0.133. The van der Waals surface area contributed by atoms with Crippen LogP contribution in [0, 0.1) is 0 Å². The summed E-state index contributed by atoms with van der Waals surface area (Å²) >= 11 is 0. The number of hydrogen-bond donors (Lipinski definition) is 1. The Bertz CT molecular complexity index is 728. The van der Waals surface area contributed by atoms with Gasteiger partial charge in [-0.2, -0.15) is 0 Å². The SMILES string of the molecule is COC1=CC=CC2OC(C(N)=O)=c3ccccc3=C12. The number of allylic oxidation sites excluding steroid dienone is 2. The molecule has 1 heterocycles. The molecule has 1 amide bonds. The lowest BCUT2D eigenvalue weighted by atomic mass is 9.96. The number of hydrogen-bond acceptors (Lipinski definition) is 3. The fourth-order valence-electron chi connectivity index (χ4n) is 2.43. The van der Waals surface area contributed by atoms with Crippen molar-refractivity contribution in [1.82, 2.24) is 0 Å². The van der Waals surface area contributed by atoms with Crippen LogP contribution >= 0.6 is 0 Å². The number of carbonyl (C=O) groups excluding carboxylic acids is 1. The van der Waals surface area contributed by atoms with E-state index in [9.17, 15) is 4.79 Å². The largest absolute Gasteiger partial charge is 0.496 e. The summed E-state index contributed by atoms with van der Waals surface area (Å²) in [5.41, 5.74) is 6.31. The lowest BCUT2D eigenvalue weighted by Gasteiger charge is -2.26. The molecule has 0 saturated heterocycles. The molecule has 19 heavy (non-hydrogen) atoms. The first-order valence-electron chi connectivity index (χ1n) is 5.95. The van der Waals surface area contributed by atoms with Crippen LogP contribution in [-0.4, -0.2) is 19.1 Å². The molecular weight excluding hydrogens is 242 g/mol. The zero-order chi connectivity index (χ0) is 13.4. The molecule has 1 aromatic rings. The van der Waals surface area contributed by atoms with Gasteiger partial charge in [-0.25, -0.2) is 0 Å². The van der Waals surface area contributed by atoms with Crippen LogP contribution in [0.5, 0.6) is 0 Å². The third-order valence-electron chi connectivity index (χ3n) is 3.23. The molecule has 4 nitrogen and oxygen atoms in total. The molecule has 0 bridgehead atoms. The highest BCUT2D eigenvalue weighted by Crippen LogP contribution is 2.26. The van der Waals surface area contributed by atoms with Crippen molar-refractivity contribution in [1.29, 1.82) is 0 Å². The summed E-state index contributed by atoms with van der Waals surface area (Å²) in [4.78, 5) is 11.5. The molecular formula is C15H13NO3. The second-order valence-corrected chi connectivity index (χ2v) is 4.31. The van der Waals surface area contributed by atoms with Crippen LogP contribution in [0.1, 0.15) is 0 Å². The van der Waals surface area contributed by atoms with Crippen molar-refractivity contribution in [2.45, 2.75) is 6.10 Å². The van der Waals surface area contributed by atoms with E-state index in [2.05, 4.69) is 0 Å². The Balaban J connectivity index is 2.43. The highest BCUT2D eigenvalue weighted by molar-refractivity contribution is 6.10. The van der Waals surface area contributed by atoms with E-state index in [1.54, 1.807) is 7.11 Å². The van der Waals surface area contributed by atoms with Gasteiger partial charge in [-0.05, 0) is 17.4 Å². The smallest absolute Gasteiger partial charge is 0.284 e. The number of ether oxygens (including phenoxy) is 2. The van der Waals surface area contributed by atoms with E-state index >= 15 is 0 Å². The predicted octanol–water partition coefficient (Wildman–Crippen LogP) is -0.0703. The topological polar surface area (TPSA) is 61.6 Å². The third-order valence-corrected chi connectivity index (χ3v) is 3.23. The van der Waals surface area contributed by atoms with Crippen LogP contribution in [0.15, 0.2) is 48.3 Å². The molecule has 4 heteroatoms. The predicted molar refractivity (Wildman–Crippen MR) is 70.8 cm³/mol. The molecule has 0 spiro atoms. The highest BCUT2D eigenvalue weighted by Gasteiger charge is 2.28. The van der Waals surface area contributed by atoms with E-state index in [1.807, 2.05) is 42.5 Å². The number of methoxy groups -OCH3 is 1. The van der Waals surface area contributed by atoms with E-state index in [0.717, 1.165) is 16.6 Å². The third kappa shape index (κ3) is 1.73. The maximum absolute atomic E-state index is 11.5. The summed E-state index contributed by atoms with van der Waals surface area (Å²) in [5.74, 6) is 0.378. The molecule has 2 N–H and O–H groups in total. The van der Waals surface area contributed by atoms with Gasteiger partial charge >= 0.3 is 0 Å². The molecule has 1 aromatic carbocycles. The minimum Gasteiger partial charge on any atom is -0.496 e. The maximum Gasteiger partial charge on any atom is 0.284 e. The Hall–Kier alpha value is -2.49. The standard InChI is InChI=1S/C15H13NO3/c1-18-11-7-4-8-12-13(11)9-5-2-3-6-10(9)14(19-12)15(16)17/h2-8,12H,1H3,(H2,16,17). The summed E-state index contributed by atoms with van der Waals surface area (Å²) in [6, 6.07) is 7.53. The van der Waals surface area contributed by atoms with E-state index in [-0.39, 0.29) is 11.9 Å². The first-order chi connectivity index (χ1) is 9.22. The number of rotatable bonds is 2. The summed E-state index contributed by atoms with van der Waals surface area (Å²) in [6.07, 6.45) is 5.26. The van der Waals surface area contributed by atoms with Crippen LogP contribution in [0.4, 0.5) is 0 Å². The van der Waals surface area contributed by atoms with Crippen molar-refractivity contribution in [3.63, 3.8) is 0 Å². The molecule has 0 aromatic heterocycles.